The number of aliphatic hydroxyl groups excluding tert-OH is 1. The molecule has 0 radical (unpaired) electrons. The minimum Gasteiger partial charge on any atom is -0.462 e. The molecule has 0 spiro atoms. The zero-order chi connectivity index (χ0) is 41.2. The SMILES string of the molecule is CCCCCCCCCCCCCCCCCCCC(=O)OC[C@H](COP(=O)(O)OCCN)OC(=O)CCC/C=C\C/C=C\C/C=C\C=C\[C@@H](O)CCCCC. The van der Waals surface area contributed by atoms with E-state index in [-0.39, 0.29) is 38.7 Å². The molecule has 3 atom stereocenters. The van der Waals surface area contributed by atoms with Crippen molar-refractivity contribution >= 4 is 19.8 Å². The van der Waals surface area contributed by atoms with Crippen LogP contribution in [0.5, 0.6) is 0 Å². The molecule has 1 unspecified atom stereocenters. The molecule has 0 aliphatic heterocycles. The van der Waals surface area contributed by atoms with Crippen LogP contribution in [0, 0.1) is 0 Å². The van der Waals surface area contributed by atoms with Gasteiger partial charge in [-0.1, -0.05) is 184 Å². The fourth-order valence-electron chi connectivity index (χ4n) is 5.97. The molecule has 0 heterocycles. The van der Waals surface area contributed by atoms with Gasteiger partial charge in [0.25, 0.3) is 0 Å². The van der Waals surface area contributed by atoms with Gasteiger partial charge in [0, 0.05) is 19.4 Å². The summed E-state index contributed by atoms with van der Waals surface area (Å²) in [6.07, 6.45) is 43.3. The number of ether oxygens (including phenoxy) is 2. The zero-order valence-corrected chi connectivity index (χ0v) is 36.4. The van der Waals surface area contributed by atoms with Gasteiger partial charge in [0.2, 0.25) is 0 Å². The molecule has 0 aliphatic rings. The van der Waals surface area contributed by atoms with Crippen LogP contribution in [0.2, 0.25) is 0 Å². The Bertz CT molecular complexity index is 1080. The third kappa shape index (κ3) is 40.1. The molecule has 0 aliphatic carbocycles. The van der Waals surface area contributed by atoms with Gasteiger partial charge < -0.3 is 25.2 Å². The van der Waals surface area contributed by atoms with Crippen molar-refractivity contribution in [1.29, 1.82) is 0 Å². The van der Waals surface area contributed by atoms with Gasteiger partial charge in [0.05, 0.1) is 19.3 Å². The second-order valence-electron chi connectivity index (χ2n) is 14.8. The van der Waals surface area contributed by atoms with Crippen LogP contribution in [-0.4, -0.2) is 60.5 Å². The fourth-order valence-corrected chi connectivity index (χ4v) is 6.74. The van der Waals surface area contributed by atoms with E-state index < -0.39 is 32.5 Å². The smallest absolute Gasteiger partial charge is 0.462 e. The lowest BCUT2D eigenvalue weighted by Crippen LogP contribution is -2.29. The molecule has 0 rings (SSSR count). The van der Waals surface area contributed by atoms with Crippen molar-refractivity contribution < 1.29 is 42.7 Å². The van der Waals surface area contributed by atoms with Crippen LogP contribution in [0.25, 0.3) is 0 Å². The number of allylic oxidation sites excluding steroid dienone is 7. The van der Waals surface area contributed by atoms with Gasteiger partial charge in [0.15, 0.2) is 6.10 Å². The van der Waals surface area contributed by atoms with Gasteiger partial charge in [-0.2, -0.15) is 0 Å². The topological polar surface area (TPSA) is 155 Å². The van der Waals surface area contributed by atoms with Crippen molar-refractivity contribution in [2.24, 2.45) is 5.73 Å². The predicted octanol–water partition coefficient (Wildman–Crippen LogP) is 11.7. The zero-order valence-electron chi connectivity index (χ0n) is 35.5. The Morgan fingerprint density at radius 1 is 0.625 bits per heavy atom. The van der Waals surface area contributed by atoms with E-state index in [9.17, 15) is 24.2 Å². The lowest BCUT2D eigenvalue weighted by Gasteiger charge is -2.19. The molecular formula is C45H82NO9P. The maximum absolute atomic E-state index is 12.6. The predicted molar refractivity (Wildman–Crippen MR) is 230 cm³/mol. The molecule has 0 bridgehead atoms. The van der Waals surface area contributed by atoms with Crippen molar-refractivity contribution in [3.63, 3.8) is 0 Å². The lowest BCUT2D eigenvalue weighted by atomic mass is 10.0. The van der Waals surface area contributed by atoms with Gasteiger partial charge in [-0.15, -0.1) is 0 Å². The van der Waals surface area contributed by atoms with Crippen LogP contribution >= 0.6 is 7.82 Å². The summed E-state index contributed by atoms with van der Waals surface area (Å²) in [4.78, 5) is 34.9. The van der Waals surface area contributed by atoms with Gasteiger partial charge in [0.1, 0.15) is 6.61 Å². The van der Waals surface area contributed by atoms with E-state index in [1.54, 1.807) is 0 Å². The summed E-state index contributed by atoms with van der Waals surface area (Å²) >= 11 is 0. The first kappa shape index (κ1) is 53.9. The summed E-state index contributed by atoms with van der Waals surface area (Å²) in [6, 6.07) is 0. The third-order valence-electron chi connectivity index (χ3n) is 9.32. The van der Waals surface area contributed by atoms with E-state index in [1.807, 2.05) is 36.5 Å². The number of aliphatic hydroxyl groups is 1. The normalized spacial score (nSPS) is 14.3. The standard InChI is InChI=1S/C45H82NO9P/c1-3-5-7-8-9-10-11-12-13-14-15-16-19-22-25-28-32-36-44(48)52-40-43(41-54-56(50,51)53-39-38-46)55-45(49)37-33-29-26-23-20-17-18-21-24-27-31-35-42(47)34-30-6-4-2/h17-18,23-24,26-27,31,35,42-43,47H,3-16,19-22,25,28-30,32-34,36-41,46H2,1-2H3,(H,50,51)/b18-17-,26-23-,27-24-,35-31+/t42-,43+/m0/s1. The van der Waals surface area contributed by atoms with Gasteiger partial charge in [-0.05, 0) is 38.5 Å². The molecule has 0 saturated carbocycles. The average molecular weight is 812 g/mol. The van der Waals surface area contributed by atoms with Crippen molar-refractivity contribution in [3.8, 4) is 0 Å². The molecule has 0 aromatic heterocycles. The Morgan fingerprint density at radius 3 is 1.73 bits per heavy atom. The number of rotatable bonds is 41. The summed E-state index contributed by atoms with van der Waals surface area (Å²) < 4.78 is 32.7. The average Bonchev–Trinajstić information content (AvgIpc) is 3.18. The maximum atomic E-state index is 12.6. The van der Waals surface area contributed by atoms with Gasteiger partial charge in [-0.25, -0.2) is 4.57 Å². The van der Waals surface area contributed by atoms with E-state index in [4.69, 9.17) is 24.3 Å². The number of hydrogen-bond acceptors (Lipinski definition) is 9. The number of phosphoric acid groups is 1. The Balaban J connectivity index is 4.26. The van der Waals surface area contributed by atoms with Crippen LogP contribution in [0.3, 0.4) is 0 Å². The molecule has 0 amide bonds. The van der Waals surface area contributed by atoms with Gasteiger partial charge in [-0.3, -0.25) is 18.6 Å². The van der Waals surface area contributed by atoms with Crippen LogP contribution in [0.4, 0.5) is 0 Å². The van der Waals surface area contributed by atoms with Gasteiger partial charge >= 0.3 is 19.8 Å². The summed E-state index contributed by atoms with van der Waals surface area (Å²) in [6.45, 7) is 3.54. The molecule has 10 nitrogen and oxygen atoms in total. The number of esters is 2. The van der Waals surface area contributed by atoms with Crippen LogP contribution in [0.15, 0.2) is 48.6 Å². The fraction of sp³-hybridized carbons (Fsp3) is 0.778. The summed E-state index contributed by atoms with van der Waals surface area (Å²) in [5.74, 6) is -0.917. The Labute approximate surface area is 341 Å². The molecule has 0 aromatic carbocycles. The first-order valence-electron chi connectivity index (χ1n) is 22.2. The van der Waals surface area contributed by atoms with Crippen molar-refractivity contribution in [1.82, 2.24) is 0 Å². The number of carbonyl (C=O) groups excluding carboxylic acids is 2. The highest BCUT2D eigenvalue weighted by molar-refractivity contribution is 7.47. The molecule has 326 valence electrons. The van der Waals surface area contributed by atoms with Crippen molar-refractivity contribution in [3.05, 3.63) is 48.6 Å². The molecule has 56 heavy (non-hydrogen) atoms. The minimum absolute atomic E-state index is 0.0367. The first-order chi connectivity index (χ1) is 27.2. The third-order valence-corrected chi connectivity index (χ3v) is 10.3. The van der Waals surface area contributed by atoms with E-state index >= 15 is 0 Å². The Kier molecular flexibility index (Phi) is 39.6. The number of nitrogens with two attached hydrogens (primary N) is 1. The summed E-state index contributed by atoms with van der Waals surface area (Å²) in [5.41, 5.74) is 5.34. The molecule has 4 N–H and O–H groups in total. The molecule has 0 fully saturated rings. The Hall–Kier alpha value is -2.07. The maximum Gasteiger partial charge on any atom is 0.472 e. The molecule has 0 aromatic rings. The number of hydrogen-bond donors (Lipinski definition) is 3. The Morgan fingerprint density at radius 2 is 1.14 bits per heavy atom. The highest BCUT2D eigenvalue weighted by atomic mass is 31.2. The molecular weight excluding hydrogens is 729 g/mol. The van der Waals surface area contributed by atoms with E-state index in [1.165, 1.54) is 89.9 Å². The first-order valence-corrected chi connectivity index (χ1v) is 23.7. The van der Waals surface area contributed by atoms with Crippen LogP contribution < -0.4 is 5.73 Å². The lowest BCUT2D eigenvalue weighted by molar-refractivity contribution is -0.161. The molecule has 0 saturated heterocycles. The highest BCUT2D eigenvalue weighted by Crippen LogP contribution is 2.43. The van der Waals surface area contributed by atoms with E-state index in [2.05, 4.69) is 26.0 Å². The number of unbranched alkanes of at least 4 members (excludes halogenated alkanes) is 19. The number of carbonyl (C=O) groups is 2. The van der Waals surface area contributed by atoms with E-state index in [0.29, 0.717) is 12.8 Å². The van der Waals surface area contributed by atoms with Crippen LogP contribution in [-0.2, 0) is 32.7 Å². The van der Waals surface area contributed by atoms with Crippen LogP contribution in [0.1, 0.15) is 187 Å². The number of phosphoric ester groups is 1. The summed E-state index contributed by atoms with van der Waals surface area (Å²) in [5, 5.41) is 9.89. The second-order valence-corrected chi connectivity index (χ2v) is 16.2. The van der Waals surface area contributed by atoms with Crippen molar-refractivity contribution in [2.45, 2.75) is 199 Å². The minimum atomic E-state index is -4.40. The van der Waals surface area contributed by atoms with Crippen molar-refractivity contribution in [2.75, 3.05) is 26.4 Å². The highest BCUT2D eigenvalue weighted by Gasteiger charge is 2.26. The van der Waals surface area contributed by atoms with E-state index in [0.717, 1.165) is 57.8 Å². The molecule has 11 heteroatoms. The largest absolute Gasteiger partial charge is 0.472 e. The monoisotopic (exact) mass is 812 g/mol. The quantitative estimate of drug-likeness (QED) is 0.0179. The summed E-state index contributed by atoms with van der Waals surface area (Å²) in [7, 11) is -4.40. The second kappa shape index (κ2) is 41.1.